The highest BCUT2D eigenvalue weighted by Gasteiger charge is 2.42. The van der Waals surface area contributed by atoms with E-state index in [-0.39, 0.29) is 5.97 Å². The van der Waals surface area contributed by atoms with Crippen molar-refractivity contribution in [1.82, 2.24) is 5.32 Å². The Balaban J connectivity index is 2.44. The number of carbonyl (C=O) groups is 1. The first-order chi connectivity index (χ1) is 9.55. The number of hydrogen-bond acceptors (Lipinski definition) is 5. The summed E-state index contributed by atoms with van der Waals surface area (Å²) in [4.78, 5) is 12.2. The van der Waals surface area contributed by atoms with Crippen molar-refractivity contribution >= 4 is 5.97 Å². The third-order valence-electron chi connectivity index (χ3n) is 3.61. The maximum absolute atomic E-state index is 12.2. The number of nitrogens with one attached hydrogen (secondary N) is 1. The van der Waals surface area contributed by atoms with E-state index in [0.29, 0.717) is 17.5 Å². The SMILES string of the molecule is COC(=O)C(C)(NC1CC1)c1ccc(OC)cc1OC. The van der Waals surface area contributed by atoms with Gasteiger partial charge in [-0.05, 0) is 31.9 Å². The van der Waals surface area contributed by atoms with Crippen molar-refractivity contribution in [2.24, 2.45) is 0 Å². The minimum absolute atomic E-state index is 0.326. The van der Waals surface area contributed by atoms with Crippen LogP contribution < -0.4 is 14.8 Å². The summed E-state index contributed by atoms with van der Waals surface area (Å²) >= 11 is 0. The molecule has 1 unspecified atom stereocenters. The van der Waals surface area contributed by atoms with Gasteiger partial charge in [-0.3, -0.25) is 5.32 Å². The molecular weight excluding hydrogens is 258 g/mol. The van der Waals surface area contributed by atoms with E-state index in [1.807, 2.05) is 19.1 Å². The van der Waals surface area contributed by atoms with Gasteiger partial charge >= 0.3 is 5.97 Å². The molecule has 0 aromatic heterocycles. The fourth-order valence-corrected chi connectivity index (χ4v) is 2.30. The predicted octanol–water partition coefficient (Wildman–Crippen LogP) is 1.84. The second kappa shape index (κ2) is 5.71. The zero-order valence-electron chi connectivity index (χ0n) is 12.4. The quantitative estimate of drug-likeness (QED) is 0.805. The molecule has 1 aliphatic rings. The van der Waals surface area contributed by atoms with E-state index >= 15 is 0 Å². The summed E-state index contributed by atoms with van der Waals surface area (Å²) in [5.74, 6) is 0.961. The van der Waals surface area contributed by atoms with Crippen molar-refractivity contribution in [1.29, 1.82) is 0 Å². The van der Waals surface area contributed by atoms with Crippen LogP contribution in [0.4, 0.5) is 0 Å². The minimum atomic E-state index is -0.923. The van der Waals surface area contributed by atoms with Gasteiger partial charge in [0.05, 0.1) is 21.3 Å². The van der Waals surface area contributed by atoms with Crippen LogP contribution in [0.25, 0.3) is 0 Å². The number of esters is 1. The maximum atomic E-state index is 12.2. The smallest absolute Gasteiger partial charge is 0.330 e. The Hall–Kier alpha value is -1.75. The van der Waals surface area contributed by atoms with Gasteiger partial charge in [0.25, 0.3) is 0 Å². The van der Waals surface area contributed by atoms with E-state index in [2.05, 4.69) is 5.32 Å². The lowest BCUT2D eigenvalue weighted by molar-refractivity contribution is -0.148. The largest absolute Gasteiger partial charge is 0.497 e. The average molecular weight is 279 g/mol. The van der Waals surface area contributed by atoms with Gasteiger partial charge in [-0.1, -0.05) is 0 Å². The molecule has 1 aromatic carbocycles. The maximum Gasteiger partial charge on any atom is 0.330 e. The van der Waals surface area contributed by atoms with E-state index in [0.717, 1.165) is 18.4 Å². The molecular formula is C15H21NO4. The molecule has 1 atom stereocenters. The molecule has 0 saturated heterocycles. The third-order valence-corrected chi connectivity index (χ3v) is 3.61. The fraction of sp³-hybridized carbons (Fsp3) is 0.533. The van der Waals surface area contributed by atoms with Gasteiger partial charge in [-0.2, -0.15) is 0 Å². The zero-order valence-corrected chi connectivity index (χ0v) is 12.4. The van der Waals surface area contributed by atoms with E-state index < -0.39 is 5.54 Å². The summed E-state index contributed by atoms with van der Waals surface area (Å²) in [5, 5.41) is 3.35. The highest BCUT2D eigenvalue weighted by molar-refractivity contribution is 5.83. The fourth-order valence-electron chi connectivity index (χ4n) is 2.30. The van der Waals surface area contributed by atoms with E-state index in [1.165, 1.54) is 7.11 Å². The molecule has 1 aliphatic carbocycles. The summed E-state index contributed by atoms with van der Waals surface area (Å²) in [6.45, 7) is 1.82. The molecule has 1 saturated carbocycles. The Morgan fingerprint density at radius 1 is 1.25 bits per heavy atom. The summed E-state index contributed by atoms with van der Waals surface area (Å²) in [6.07, 6.45) is 2.15. The van der Waals surface area contributed by atoms with Crippen molar-refractivity contribution in [2.75, 3.05) is 21.3 Å². The average Bonchev–Trinajstić information content (AvgIpc) is 3.29. The molecule has 110 valence electrons. The first-order valence-corrected chi connectivity index (χ1v) is 6.63. The van der Waals surface area contributed by atoms with Crippen LogP contribution in [-0.2, 0) is 15.1 Å². The van der Waals surface area contributed by atoms with Crippen LogP contribution in [0.3, 0.4) is 0 Å². The van der Waals surface area contributed by atoms with Crippen LogP contribution >= 0.6 is 0 Å². The van der Waals surface area contributed by atoms with Crippen molar-refractivity contribution in [3.05, 3.63) is 23.8 Å². The van der Waals surface area contributed by atoms with Gasteiger partial charge in [-0.15, -0.1) is 0 Å². The summed E-state index contributed by atoms with van der Waals surface area (Å²) < 4.78 is 15.6. The van der Waals surface area contributed by atoms with Crippen LogP contribution in [0, 0.1) is 0 Å². The number of carbonyl (C=O) groups excluding carboxylic acids is 1. The third kappa shape index (κ3) is 2.72. The molecule has 0 spiro atoms. The number of rotatable bonds is 6. The van der Waals surface area contributed by atoms with Crippen LogP contribution in [0.15, 0.2) is 18.2 Å². The second-order valence-electron chi connectivity index (χ2n) is 5.10. The number of methoxy groups -OCH3 is 3. The molecule has 0 aliphatic heterocycles. The Kier molecular flexibility index (Phi) is 4.18. The van der Waals surface area contributed by atoms with Gasteiger partial charge < -0.3 is 14.2 Å². The highest BCUT2D eigenvalue weighted by atomic mass is 16.5. The topological polar surface area (TPSA) is 56.8 Å². The van der Waals surface area contributed by atoms with Crippen LogP contribution in [0.2, 0.25) is 0 Å². The lowest BCUT2D eigenvalue weighted by Crippen LogP contribution is -2.48. The Bertz CT molecular complexity index is 499. The molecule has 2 rings (SSSR count). The molecule has 5 nitrogen and oxygen atoms in total. The molecule has 20 heavy (non-hydrogen) atoms. The normalized spacial score (nSPS) is 17.2. The lowest BCUT2D eigenvalue weighted by atomic mass is 9.90. The Morgan fingerprint density at radius 3 is 2.45 bits per heavy atom. The monoisotopic (exact) mass is 279 g/mol. The van der Waals surface area contributed by atoms with Crippen molar-refractivity contribution in [3.8, 4) is 11.5 Å². The lowest BCUT2D eigenvalue weighted by Gasteiger charge is -2.30. The van der Waals surface area contributed by atoms with Gasteiger partial charge in [0.1, 0.15) is 17.0 Å². The summed E-state index contributed by atoms with van der Waals surface area (Å²) in [7, 11) is 4.56. The zero-order chi connectivity index (χ0) is 14.8. The Morgan fingerprint density at radius 2 is 1.95 bits per heavy atom. The van der Waals surface area contributed by atoms with Crippen molar-refractivity contribution < 1.29 is 19.0 Å². The van der Waals surface area contributed by atoms with E-state index in [4.69, 9.17) is 14.2 Å². The van der Waals surface area contributed by atoms with Crippen LogP contribution in [0.1, 0.15) is 25.3 Å². The molecule has 1 N–H and O–H groups in total. The molecule has 1 fully saturated rings. The second-order valence-corrected chi connectivity index (χ2v) is 5.10. The first-order valence-electron chi connectivity index (χ1n) is 6.63. The van der Waals surface area contributed by atoms with Gasteiger partial charge in [0, 0.05) is 17.7 Å². The van der Waals surface area contributed by atoms with Crippen LogP contribution in [-0.4, -0.2) is 33.3 Å². The van der Waals surface area contributed by atoms with E-state index in [9.17, 15) is 4.79 Å². The van der Waals surface area contributed by atoms with Gasteiger partial charge in [-0.25, -0.2) is 4.79 Å². The minimum Gasteiger partial charge on any atom is -0.497 e. The van der Waals surface area contributed by atoms with Crippen LogP contribution in [0.5, 0.6) is 11.5 Å². The molecule has 0 heterocycles. The highest BCUT2D eigenvalue weighted by Crippen LogP contribution is 2.36. The molecule has 5 heteroatoms. The van der Waals surface area contributed by atoms with Crippen molar-refractivity contribution in [3.63, 3.8) is 0 Å². The molecule has 0 bridgehead atoms. The molecule has 1 aromatic rings. The summed E-state index contributed by atoms with van der Waals surface area (Å²) in [5.41, 5.74) is -0.174. The molecule has 0 amide bonds. The Labute approximate surface area is 119 Å². The standard InChI is InChI=1S/C15H21NO4/c1-15(14(17)20-4,16-10-5-6-10)12-8-7-11(18-2)9-13(12)19-3/h7-10,16H,5-6H2,1-4H3. The van der Waals surface area contributed by atoms with E-state index in [1.54, 1.807) is 20.3 Å². The first kappa shape index (κ1) is 14.7. The predicted molar refractivity (Wildman–Crippen MR) is 75.1 cm³/mol. The van der Waals surface area contributed by atoms with Crippen molar-refractivity contribution in [2.45, 2.75) is 31.3 Å². The number of ether oxygens (including phenoxy) is 3. The van der Waals surface area contributed by atoms with Gasteiger partial charge in [0.15, 0.2) is 0 Å². The molecule has 0 radical (unpaired) electrons. The number of hydrogen-bond donors (Lipinski definition) is 1. The number of benzene rings is 1. The summed E-state index contributed by atoms with van der Waals surface area (Å²) in [6, 6.07) is 5.77. The van der Waals surface area contributed by atoms with Gasteiger partial charge in [0.2, 0.25) is 0 Å².